The van der Waals surface area contributed by atoms with Crippen LogP contribution in [0.3, 0.4) is 0 Å². The minimum absolute atomic E-state index is 0.423. The number of fused-ring (bicyclic) bond motifs is 1. The standard InChI is InChI=1S/C24H29BrClN5/c1-31(2)23-20-5-3-4-6-22(20)29-24(30-23)28-19-10-7-16(8-11-19)14-27-15-17-13-18(25)9-12-21(17)26/h3-6,9,12-13,16,19,27H,7-8,10-11,14-15H2,1-2H3,(H,28,29,30). The van der Waals surface area contributed by atoms with E-state index in [0.29, 0.717) is 12.0 Å². The number of hydrogen-bond acceptors (Lipinski definition) is 5. The molecular formula is C24H29BrClN5. The van der Waals surface area contributed by atoms with Gasteiger partial charge in [-0.3, -0.25) is 0 Å². The second-order valence-corrected chi connectivity index (χ2v) is 9.83. The lowest BCUT2D eigenvalue weighted by molar-refractivity contribution is 0.324. The van der Waals surface area contributed by atoms with E-state index in [0.717, 1.165) is 63.7 Å². The van der Waals surface area contributed by atoms with E-state index >= 15 is 0 Å². The van der Waals surface area contributed by atoms with Crippen molar-refractivity contribution in [2.24, 2.45) is 5.92 Å². The molecule has 7 heteroatoms. The summed E-state index contributed by atoms with van der Waals surface area (Å²) in [6.45, 7) is 1.82. The van der Waals surface area contributed by atoms with Crippen molar-refractivity contribution in [3.8, 4) is 0 Å². The van der Waals surface area contributed by atoms with Gasteiger partial charge in [0.25, 0.3) is 0 Å². The molecule has 0 aliphatic heterocycles. The van der Waals surface area contributed by atoms with Crippen LogP contribution in [-0.4, -0.2) is 36.6 Å². The average molecular weight is 503 g/mol. The maximum absolute atomic E-state index is 6.30. The summed E-state index contributed by atoms with van der Waals surface area (Å²) in [4.78, 5) is 11.6. The van der Waals surface area contributed by atoms with Gasteiger partial charge < -0.3 is 15.5 Å². The van der Waals surface area contributed by atoms with Crippen molar-refractivity contribution >= 4 is 50.2 Å². The van der Waals surface area contributed by atoms with Crippen molar-refractivity contribution in [1.29, 1.82) is 0 Å². The molecule has 1 aliphatic carbocycles. The molecule has 0 spiro atoms. The van der Waals surface area contributed by atoms with Gasteiger partial charge in [-0.1, -0.05) is 39.7 Å². The number of anilines is 2. The number of halogens is 2. The monoisotopic (exact) mass is 501 g/mol. The summed E-state index contributed by atoms with van der Waals surface area (Å²) in [7, 11) is 4.05. The smallest absolute Gasteiger partial charge is 0.225 e. The highest BCUT2D eigenvalue weighted by molar-refractivity contribution is 9.10. The molecule has 31 heavy (non-hydrogen) atoms. The van der Waals surface area contributed by atoms with Crippen LogP contribution in [0.15, 0.2) is 46.9 Å². The van der Waals surface area contributed by atoms with Crippen LogP contribution in [0.1, 0.15) is 31.2 Å². The Labute approximate surface area is 197 Å². The Morgan fingerprint density at radius 1 is 1.06 bits per heavy atom. The Kier molecular flexibility index (Phi) is 7.31. The van der Waals surface area contributed by atoms with Crippen LogP contribution in [-0.2, 0) is 6.54 Å². The van der Waals surface area contributed by atoms with E-state index in [9.17, 15) is 0 Å². The number of nitrogens with one attached hydrogen (secondary N) is 2. The zero-order chi connectivity index (χ0) is 21.8. The van der Waals surface area contributed by atoms with E-state index in [-0.39, 0.29) is 0 Å². The van der Waals surface area contributed by atoms with E-state index in [1.165, 1.54) is 12.8 Å². The van der Waals surface area contributed by atoms with E-state index in [1.54, 1.807) is 0 Å². The van der Waals surface area contributed by atoms with Gasteiger partial charge >= 0.3 is 0 Å². The van der Waals surface area contributed by atoms with E-state index in [1.807, 2.05) is 38.4 Å². The number of benzene rings is 2. The topological polar surface area (TPSA) is 53.1 Å². The van der Waals surface area contributed by atoms with E-state index in [4.69, 9.17) is 21.6 Å². The van der Waals surface area contributed by atoms with Gasteiger partial charge in [0.1, 0.15) is 5.82 Å². The molecule has 5 nitrogen and oxygen atoms in total. The van der Waals surface area contributed by atoms with Crippen LogP contribution in [0, 0.1) is 5.92 Å². The predicted molar refractivity (Wildman–Crippen MR) is 134 cm³/mol. The summed E-state index contributed by atoms with van der Waals surface area (Å²) >= 11 is 9.81. The SMILES string of the molecule is CN(C)c1nc(NC2CCC(CNCc3cc(Br)ccc3Cl)CC2)nc2ccccc12. The molecule has 1 fully saturated rings. The lowest BCUT2D eigenvalue weighted by Crippen LogP contribution is -2.31. The molecule has 1 aliphatic rings. The zero-order valence-corrected chi connectivity index (χ0v) is 20.4. The van der Waals surface area contributed by atoms with Gasteiger partial charge in [-0.25, -0.2) is 4.98 Å². The third kappa shape index (κ3) is 5.68. The van der Waals surface area contributed by atoms with Crippen molar-refractivity contribution in [3.63, 3.8) is 0 Å². The molecule has 4 rings (SSSR count). The second kappa shape index (κ2) is 10.2. The molecule has 0 saturated heterocycles. The maximum atomic E-state index is 6.30. The largest absolute Gasteiger partial charge is 0.362 e. The summed E-state index contributed by atoms with van der Waals surface area (Å²) in [5.41, 5.74) is 2.12. The van der Waals surface area contributed by atoms with Gasteiger partial charge in [-0.2, -0.15) is 4.98 Å². The first-order valence-corrected chi connectivity index (χ1v) is 12.0. The quantitative estimate of drug-likeness (QED) is 0.423. The van der Waals surface area contributed by atoms with Crippen LogP contribution in [0.5, 0.6) is 0 Å². The highest BCUT2D eigenvalue weighted by Crippen LogP contribution is 2.28. The number of para-hydroxylation sites is 1. The molecule has 164 valence electrons. The minimum atomic E-state index is 0.423. The predicted octanol–water partition coefficient (Wildman–Crippen LogP) is 5.87. The lowest BCUT2D eigenvalue weighted by atomic mass is 9.86. The molecule has 0 amide bonds. The summed E-state index contributed by atoms with van der Waals surface area (Å²) in [5, 5.41) is 9.08. The van der Waals surface area contributed by atoms with Gasteiger partial charge in [-0.05, 0) is 74.0 Å². The average Bonchev–Trinajstić information content (AvgIpc) is 2.76. The molecular weight excluding hydrogens is 474 g/mol. The summed E-state index contributed by atoms with van der Waals surface area (Å²) in [6.07, 6.45) is 4.67. The Hall–Kier alpha value is -1.89. The van der Waals surface area contributed by atoms with Crippen LogP contribution in [0.25, 0.3) is 10.9 Å². The Morgan fingerprint density at radius 2 is 1.84 bits per heavy atom. The fraction of sp³-hybridized carbons (Fsp3) is 0.417. The van der Waals surface area contributed by atoms with Gasteiger partial charge in [-0.15, -0.1) is 0 Å². The summed E-state index contributed by atoms with van der Waals surface area (Å²) < 4.78 is 1.06. The summed E-state index contributed by atoms with van der Waals surface area (Å²) in [6, 6.07) is 14.6. The molecule has 2 aromatic carbocycles. The molecule has 0 atom stereocenters. The van der Waals surface area contributed by atoms with Crippen molar-refractivity contribution in [2.45, 2.75) is 38.3 Å². The van der Waals surface area contributed by atoms with Gasteiger partial charge in [0.15, 0.2) is 0 Å². The number of nitrogens with zero attached hydrogens (tertiary/aromatic N) is 3. The van der Waals surface area contributed by atoms with E-state index < -0.39 is 0 Å². The molecule has 0 radical (unpaired) electrons. The van der Waals surface area contributed by atoms with Crippen molar-refractivity contribution in [1.82, 2.24) is 15.3 Å². The molecule has 0 bridgehead atoms. The molecule has 3 aromatic rings. The molecule has 1 aromatic heterocycles. The van der Waals surface area contributed by atoms with Gasteiger partial charge in [0, 0.05) is 41.6 Å². The maximum Gasteiger partial charge on any atom is 0.225 e. The highest BCUT2D eigenvalue weighted by Gasteiger charge is 2.22. The van der Waals surface area contributed by atoms with Gasteiger partial charge in [0.05, 0.1) is 5.52 Å². The normalized spacial score (nSPS) is 18.8. The number of rotatable bonds is 7. The highest BCUT2D eigenvalue weighted by atomic mass is 79.9. The number of hydrogen-bond donors (Lipinski definition) is 2. The van der Waals surface area contributed by atoms with Gasteiger partial charge in [0.2, 0.25) is 5.95 Å². The first-order chi connectivity index (χ1) is 15.0. The minimum Gasteiger partial charge on any atom is -0.362 e. The summed E-state index contributed by atoms with van der Waals surface area (Å²) in [5.74, 6) is 2.38. The molecule has 1 heterocycles. The lowest BCUT2D eigenvalue weighted by Gasteiger charge is -2.29. The van der Waals surface area contributed by atoms with E-state index in [2.05, 4.69) is 49.7 Å². The van der Waals surface area contributed by atoms with Crippen molar-refractivity contribution < 1.29 is 0 Å². The Morgan fingerprint density at radius 3 is 2.61 bits per heavy atom. The number of aromatic nitrogens is 2. The first kappa shape index (κ1) is 22.3. The van der Waals surface area contributed by atoms with Crippen molar-refractivity contribution in [2.75, 3.05) is 30.9 Å². The van der Waals surface area contributed by atoms with Crippen molar-refractivity contribution in [3.05, 3.63) is 57.5 Å². The molecule has 2 N–H and O–H groups in total. The second-order valence-electron chi connectivity index (χ2n) is 8.51. The Bertz CT molecular complexity index is 1030. The Balaban J connectivity index is 1.30. The fourth-order valence-corrected chi connectivity index (χ4v) is 4.84. The van der Waals surface area contributed by atoms with Crippen LogP contribution >= 0.6 is 27.5 Å². The fourth-order valence-electron chi connectivity index (χ4n) is 4.25. The van der Waals surface area contributed by atoms with Crippen LogP contribution in [0.4, 0.5) is 11.8 Å². The van der Waals surface area contributed by atoms with Crippen LogP contribution in [0.2, 0.25) is 5.02 Å². The van der Waals surface area contributed by atoms with Crippen LogP contribution < -0.4 is 15.5 Å². The zero-order valence-electron chi connectivity index (χ0n) is 18.0. The molecule has 0 unspecified atom stereocenters. The first-order valence-electron chi connectivity index (χ1n) is 10.8. The third-order valence-corrected chi connectivity index (χ3v) is 6.80. The third-order valence-electron chi connectivity index (χ3n) is 5.94. The molecule has 1 saturated carbocycles.